The third-order valence-corrected chi connectivity index (χ3v) is 14.3. The largest absolute Gasteiger partial charge is 0.497 e. The predicted octanol–water partition coefficient (Wildman–Crippen LogP) is 12.3. The minimum atomic E-state index is -1.57. The zero-order chi connectivity index (χ0) is 51.3. The molecule has 15 heteroatoms. The van der Waals surface area contributed by atoms with Gasteiger partial charge in [0.2, 0.25) is 5.79 Å². The summed E-state index contributed by atoms with van der Waals surface area (Å²) in [5.74, 6) is -1.41. The second kappa shape index (κ2) is 28.6. The Labute approximate surface area is 425 Å². The van der Waals surface area contributed by atoms with E-state index in [0.717, 1.165) is 43.2 Å². The van der Waals surface area contributed by atoms with E-state index in [4.69, 9.17) is 33.3 Å². The summed E-state index contributed by atoms with van der Waals surface area (Å²) in [6, 6.07) is 15.5. The second-order valence-corrected chi connectivity index (χ2v) is 19.1. The van der Waals surface area contributed by atoms with Crippen molar-refractivity contribution in [3.8, 4) is 23.0 Å². The van der Waals surface area contributed by atoms with Crippen LogP contribution < -0.4 is 24.3 Å². The normalized spacial score (nSPS) is 21.3. The third kappa shape index (κ3) is 14.3. The first-order valence-electron chi connectivity index (χ1n) is 26.1. The maximum absolute atomic E-state index is 14.9. The number of carbonyl (C=O) groups excluding carboxylic acids is 2. The zero-order valence-electron chi connectivity index (χ0n) is 42.9. The van der Waals surface area contributed by atoms with Crippen LogP contribution in [0.3, 0.4) is 0 Å². The van der Waals surface area contributed by atoms with E-state index in [0.29, 0.717) is 66.3 Å². The molecule has 1 saturated carbocycles. The molecule has 3 N–H and O–H groups in total. The average Bonchev–Trinajstić information content (AvgIpc) is 3.38. The van der Waals surface area contributed by atoms with E-state index in [9.17, 15) is 24.2 Å². The molecule has 0 spiro atoms. The standard InChI is InChI=1S/C57H78FN3O11/c1-6-8-9-10-11-12-13-14-15-20-34-69-56(65)61(39-40-23-25-42(58)26-24-40)52-38-49(60-68-5)46-35-41(21-16-18-31-62)45(22-17-19-32-63)53-47-36-44(28-30-50(47)72-57(52,54(46)53)70-33-7-2)71-55(64)59-48-29-27-43(66-3)37-51(48)67-4/h7,23-30,35-37,41,45,52-54,62-63H,2,6,8-22,31-34,38-39H2,1,3-5H3,(H,59,64)/t41-,45+,52-,53+,54+,57+/m0/s1. The number of allylic oxidation sites excluding steroid dienone is 1. The van der Waals surface area contributed by atoms with Crippen LogP contribution in [0.2, 0.25) is 0 Å². The number of anilines is 1. The number of aliphatic hydroxyl groups excluding tert-OH is 2. The summed E-state index contributed by atoms with van der Waals surface area (Å²) in [6.45, 7) is 6.66. The average molecular weight is 1000 g/mol. The summed E-state index contributed by atoms with van der Waals surface area (Å²) >= 11 is 0. The molecule has 0 radical (unpaired) electrons. The van der Waals surface area contributed by atoms with Crippen LogP contribution >= 0.6 is 0 Å². The number of hydrogen-bond acceptors (Lipinski definition) is 12. The number of methoxy groups -OCH3 is 2. The minimum Gasteiger partial charge on any atom is -0.497 e. The first-order valence-corrected chi connectivity index (χ1v) is 26.1. The molecular weight excluding hydrogens is 922 g/mol. The molecule has 3 aliphatic rings. The van der Waals surface area contributed by atoms with Crippen LogP contribution in [0.25, 0.3) is 0 Å². The quantitative estimate of drug-likeness (QED) is 0.0330. The summed E-state index contributed by atoms with van der Waals surface area (Å²) in [5, 5.41) is 27.4. The monoisotopic (exact) mass is 1000 g/mol. The number of rotatable bonds is 30. The summed E-state index contributed by atoms with van der Waals surface area (Å²) < 4.78 is 51.9. The van der Waals surface area contributed by atoms with Crippen molar-refractivity contribution in [1.29, 1.82) is 0 Å². The van der Waals surface area contributed by atoms with Crippen molar-refractivity contribution in [3.63, 3.8) is 0 Å². The molecule has 0 bridgehead atoms. The predicted molar refractivity (Wildman–Crippen MR) is 276 cm³/mol. The van der Waals surface area contributed by atoms with Gasteiger partial charge in [-0.15, -0.1) is 6.58 Å². The van der Waals surface area contributed by atoms with Crippen molar-refractivity contribution in [3.05, 3.63) is 102 Å². The molecular formula is C57H78FN3O11. The molecule has 6 atom stereocenters. The van der Waals surface area contributed by atoms with Crippen LogP contribution in [-0.2, 0) is 20.9 Å². The number of unbranched alkanes of at least 4 members (excludes halogenated alkanes) is 11. The van der Waals surface area contributed by atoms with Gasteiger partial charge in [0.15, 0.2) is 0 Å². The lowest BCUT2D eigenvalue weighted by molar-refractivity contribution is -0.256. The Morgan fingerprint density at radius 2 is 1.56 bits per heavy atom. The van der Waals surface area contributed by atoms with Crippen LogP contribution in [0.5, 0.6) is 23.0 Å². The molecule has 72 heavy (non-hydrogen) atoms. The molecule has 1 heterocycles. The molecule has 3 aromatic rings. The van der Waals surface area contributed by atoms with Crippen LogP contribution in [0.1, 0.15) is 133 Å². The third-order valence-electron chi connectivity index (χ3n) is 14.3. The Kier molecular flexibility index (Phi) is 22.1. The lowest BCUT2D eigenvalue weighted by Crippen LogP contribution is -2.70. The van der Waals surface area contributed by atoms with Gasteiger partial charge in [0.05, 0.1) is 44.8 Å². The number of carbonyl (C=O) groups is 2. The van der Waals surface area contributed by atoms with E-state index >= 15 is 0 Å². The van der Waals surface area contributed by atoms with Crippen LogP contribution in [0.15, 0.2) is 90.1 Å². The number of aliphatic hydroxyl groups is 2. The van der Waals surface area contributed by atoms with Gasteiger partial charge < -0.3 is 43.5 Å². The highest BCUT2D eigenvalue weighted by Gasteiger charge is 2.65. The Bertz CT molecular complexity index is 2260. The molecule has 0 aromatic heterocycles. The Balaban J connectivity index is 1.43. The van der Waals surface area contributed by atoms with Crippen molar-refractivity contribution in [2.75, 3.05) is 53.1 Å². The van der Waals surface area contributed by atoms with E-state index < -0.39 is 35.8 Å². The van der Waals surface area contributed by atoms with Crippen LogP contribution in [0, 0.1) is 23.6 Å². The van der Waals surface area contributed by atoms with Crippen LogP contribution in [-0.4, -0.2) is 92.6 Å². The highest BCUT2D eigenvalue weighted by Crippen LogP contribution is 2.62. The van der Waals surface area contributed by atoms with Crippen molar-refractivity contribution in [2.24, 2.45) is 22.9 Å². The SMILES string of the molecule is C=CCO[C@@]12Oc3ccc(OC(=O)Nc4ccc(OC)cc4OC)cc3[C@H]3[C@H](CCCCO)[C@@H](CCCCO)C=C(C(=NOC)C[C@@H]1N(Cc1ccc(F)cc1)C(=O)OCCCCCCCCCCCC)[C@H]32. The molecule has 14 nitrogen and oxygen atoms in total. The maximum atomic E-state index is 14.9. The van der Waals surface area contributed by atoms with Gasteiger partial charge in [-0.2, -0.15) is 0 Å². The van der Waals surface area contributed by atoms with Gasteiger partial charge in [-0.3, -0.25) is 10.2 Å². The summed E-state index contributed by atoms with van der Waals surface area (Å²) in [4.78, 5) is 35.8. The van der Waals surface area contributed by atoms with Crippen molar-refractivity contribution >= 4 is 23.6 Å². The first kappa shape index (κ1) is 55.7. The second-order valence-electron chi connectivity index (χ2n) is 19.1. The molecule has 0 saturated heterocycles. The lowest BCUT2D eigenvalue weighted by Gasteiger charge is -2.59. The molecule has 2 aliphatic carbocycles. The molecule has 0 unspecified atom stereocenters. The highest BCUT2D eigenvalue weighted by atomic mass is 19.1. The zero-order valence-corrected chi connectivity index (χ0v) is 42.9. The van der Waals surface area contributed by atoms with E-state index in [-0.39, 0.29) is 62.9 Å². The number of halogens is 1. The Morgan fingerprint density at radius 3 is 2.22 bits per heavy atom. The van der Waals surface area contributed by atoms with Crippen molar-refractivity contribution in [2.45, 2.75) is 140 Å². The van der Waals surface area contributed by atoms with E-state index in [1.54, 1.807) is 60.6 Å². The minimum absolute atomic E-state index is 0.0232. The van der Waals surface area contributed by atoms with E-state index in [2.05, 4.69) is 30.1 Å². The van der Waals surface area contributed by atoms with Gasteiger partial charge in [0.1, 0.15) is 42.0 Å². The molecule has 1 aliphatic heterocycles. The van der Waals surface area contributed by atoms with E-state index in [1.807, 2.05) is 6.07 Å². The van der Waals surface area contributed by atoms with E-state index in [1.165, 1.54) is 64.9 Å². The number of hydrogen-bond donors (Lipinski definition) is 3. The first-order chi connectivity index (χ1) is 35.1. The van der Waals surface area contributed by atoms with Gasteiger partial charge >= 0.3 is 12.2 Å². The number of nitrogens with zero attached hydrogens (tertiary/aromatic N) is 2. The molecule has 2 amide bonds. The smallest absolute Gasteiger partial charge is 0.417 e. The number of oxime groups is 1. The topological polar surface area (TPSA) is 167 Å². The Hall–Kier alpha value is -5.64. The lowest BCUT2D eigenvalue weighted by atomic mass is 9.55. The van der Waals surface area contributed by atoms with Gasteiger partial charge in [0, 0.05) is 43.7 Å². The van der Waals surface area contributed by atoms with Crippen molar-refractivity contribution < 1.29 is 57.5 Å². The highest BCUT2D eigenvalue weighted by molar-refractivity contribution is 6.03. The van der Waals surface area contributed by atoms with Crippen LogP contribution in [0.4, 0.5) is 19.7 Å². The Morgan fingerprint density at radius 1 is 0.861 bits per heavy atom. The number of nitrogens with one attached hydrogen (secondary N) is 1. The van der Waals surface area contributed by atoms with Gasteiger partial charge in [-0.05, 0) is 97.5 Å². The van der Waals surface area contributed by atoms with Gasteiger partial charge in [-0.1, -0.05) is 107 Å². The molecule has 6 rings (SSSR count). The summed E-state index contributed by atoms with van der Waals surface area (Å²) in [6.07, 6.45) is 18.2. The molecule has 394 valence electrons. The van der Waals surface area contributed by atoms with Crippen molar-refractivity contribution in [1.82, 2.24) is 4.90 Å². The number of benzene rings is 3. The number of amides is 2. The summed E-state index contributed by atoms with van der Waals surface area (Å²) in [7, 11) is 4.54. The fourth-order valence-electron chi connectivity index (χ4n) is 10.9. The molecule has 1 fully saturated rings. The number of fused-ring (bicyclic) bond motifs is 2. The fraction of sp³-hybridized carbons (Fsp3) is 0.561. The summed E-state index contributed by atoms with van der Waals surface area (Å²) in [5.41, 5.74) is 3.28. The fourth-order valence-corrected chi connectivity index (χ4v) is 10.9. The van der Waals surface area contributed by atoms with Gasteiger partial charge in [-0.25, -0.2) is 14.0 Å². The van der Waals surface area contributed by atoms with Gasteiger partial charge in [0.25, 0.3) is 0 Å². The number of ether oxygens (including phenoxy) is 6. The maximum Gasteiger partial charge on any atom is 0.417 e. The molecule has 3 aromatic carbocycles.